The van der Waals surface area contributed by atoms with Crippen LogP contribution in [0.2, 0.25) is 0 Å². The SMILES string of the molecule is CCC(C)C(NC(=O)OC(C)(C)C)C(=O)NC(Cc1c[nH]cn1)C(=O)OC. The summed E-state index contributed by atoms with van der Waals surface area (Å²) in [6.45, 7) is 8.96. The topological polar surface area (TPSA) is 122 Å². The average molecular weight is 382 g/mol. The molecule has 2 amide bonds. The molecule has 0 saturated heterocycles. The molecule has 3 unspecified atom stereocenters. The largest absolute Gasteiger partial charge is 0.467 e. The van der Waals surface area contributed by atoms with Crippen LogP contribution in [0.5, 0.6) is 0 Å². The van der Waals surface area contributed by atoms with E-state index in [4.69, 9.17) is 9.47 Å². The summed E-state index contributed by atoms with van der Waals surface area (Å²) in [5, 5.41) is 5.25. The third-order valence-electron chi connectivity index (χ3n) is 3.94. The van der Waals surface area contributed by atoms with Crippen LogP contribution in [-0.4, -0.2) is 52.7 Å². The van der Waals surface area contributed by atoms with Crippen LogP contribution in [0.3, 0.4) is 0 Å². The number of nitrogens with one attached hydrogen (secondary N) is 3. The van der Waals surface area contributed by atoms with Gasteiger partial charge in [-0.15, -0.1) is 0 Å². The zero-order valence-corrected chi connectivity index (χ0v) is 16.8. The molecule has 0 aromatic carbocycles. The molecule has 0 saturated carbocycles. The molecule has 3 N–H and O–H groups in total. The summed E-state index contributed by atoms with van der Waals surface area (Å²) in [6.07, 6.45) is 3.24. The monoisotopic (exact) mass is 382 g/mol. The van der Waals surface area contributed by atoms with Gasteiger partial charge in [0, 0.05) is 12.6 Å². The summed E-state index contributed by atoms with van der Waals surface area (Å²) in [4.78, 5) is 43.8. The fraction of sp³-hybridized carbons (Fsp3) is 0.667. The maximum absolute atomic E-state index is 12.8. The molecule has 0 aliphatic carbocycles. The number of hydrogen-bond acceptors (Lipinski definition) is 6. The number of hydrogen-bond donors (Lipinski definition) is 3. The Hall–Kier alpha value is -2.58. The molecule has 152 valence electrons. The van der Waals surface area contributed by atoms with Crippen LogP contribution < -0.4 is 10.6 Å². The highest BCUT2D eigenvalue weighted by molar-refractivity contribution is 5.90. The van der Waals surface area contributed by atoms with Gasteiger partial charge in [0.2, 0.25) is 5.91 Å². The quantitative estimate of drug-likeness (QED) is 0.586. The van der Waals surface area contributed by atoms with Gasteiger partial charge in [0.1, 0.15) is 17.7 Å². The van der Waals surface area contributed by atoms with Gasteiger partial charge in [-0.1, -0.05) is 20.3 Å². The zero-order valence-electron chi connectivity index (χ0n) is 16.8. The van der Waals surface area contributed by atoms with Crippen molar-refractivity contribution >= 4 is 18.0 Å². The van der Waals surface area contributed by atoms with Gasteiger partial charge in [-0.2, -0.15) is 0 Å². The standard InChI is InChI=1S/C18H30N4O5/c1-7-11(2)14(22-17(25)27-18(3,4)5)15(23)21-13(16(24)26-6)8-12-9-19-10-20-12/h9-11,13-14H,7-8H2,1-6H3,(H,19,20)(H,21,23)(H,22,25). The lowest BCUT2D eigenvalue weighted by molar-refractivity contribution is -0.145. The number of rotatable bonds is 8. The number of carbonyl (C=O) groups is 3. The van der Waals surface area contributed by atoms with Crippen LogP contribution in [-0.2, 0) is 25.5 Å². The Bertz CT molecular complexity index is 624. The maximum atomic E-state index is 12.8. The van der Waals surface area contributed by atoms with Crippen molar-refractivity contribution in [1.29, 1.82) is 0 Å². The molecule has 0 aliphatic rings. The molecule has 1 rings (SSSR count). The second kappa shape index (κ2) is 9.94. The summed E-state index contributed by atoms with van der Waals surface area (Å²) < 4.78 is 10.0. The highest BCUT2D eigenvalue weighted by Gasteiger charge is 2.32. The van der Waals surface area contributed by atoms with Crippen LogP contribution in [0.25, 0.3) is 0 Å². The van der Waals surface area contributed by atoms with E-state index in [1.165, 1.54) is 13.4 Å². The Morgan fingerprint density at radius 2 is 1.93 bits per heavy atom. The molecule has 0 fully saturated rings. The first-order valence-electron chi connectivity index (χ1n) is 8.92. The molecule has 9 nitrogen and oxygen atoms in total. The number of alkyl carbamates (subject to hydrolysis) is 1. The van der Waals surface area contributed by atoms with Crippen LogP contribution in [0.4, 0.5) is 4.79 Å². The van der Waals surface area contributed by atoms with Crippen molar-refractivity contribution < 1.29 is 23.9 Å². The summed E-state index contributed by atoms with van der Waals surface area (Å²) in [6, 6.07) is -1.77. The summed E-state index contributed by atoms with van der Waals surface area (Å²) in [5.74, 6) is -1.24. The molecule has 0 radical (unpaired) electrons. The predicted octanol–water partition coefficient (Wildman–Crippen LogP) is 1.55. The molecular weight excluding hydrogens is 352 g/mol. The molecule has 9 heteroatoms. The Balaban J connectivity index is 2.88. The molecule has 1 aromatic rings. The summed E-state index contributed by atoms with van der Waals surface area (Å²) >= 11 is 0. The first kappa shape index (κ1) is 22.5. The van der Waals surface area contributed by atoms with Crippen molar-refractivity contribution in [2.45, 2.75) is 65.1 Å². The van der Waals surface area contributed by atoms with E-state index in [1.807, 2.05) is 13.8 Å². The fourth-order valence-corrected chi connectivity index (χ4v) is 2.35. The number of aromatic amines is 1. The molecule has 27 heavy (non-hydrogen) atoms. The number of esters is 1. The van der Waals surface area contributed by atoms with Crippen LogP contribution in [0, 0.1) is 5.92 Å². The van der Waals surface area contributed by atoms with Gasteiger partial charge in [-0.05, 0) is 26.7 Å². The van der Waals surface area contributed by atoms with Gasteiger partial charge in [-0.25, -0.2) is 14.6 Å². The Morgan fingerprint density at radius 3 is 2.41 bits per heavy atom. The second-order valence-corrected chi connectivity index (χ2v) is 7.36. The number of ether oxygens (including phenoxy) is 2. The van der Waals surface area contributed by atoms with E-state index in [0.717, 1.165) is 0 Å². The molecule has 1 aromatic heterocycles. The van der Waals surface area contributed by atoms with Crippen molar-refractivity contribution in [3.05, 3.63) is 18.2 Å². The van der Waals surface area contributed by atoms with Crippen LogP contribution in [0.15, 0.2) is 12.5 Å². The Labute approximate surface area is 159 Å². The minimum atomic E-state index is -0.919. The summed E-state index contributed by atoms with van der Waals surface area (Å²) in [5.41, 5.74) is -0.0828. The van der Waals surface area contributed by atoms with Gasteiger partial charge >= 0.3 is 12.1 Å². The minimum absolute atomic E-state index is 0.166. The van der Waals surface area contributed by atoms with Crippen molar-refractivity contribution in [3.8, 4) is 0 Å². The Morgan fingerprint density at radius 1 is 1.26 bits per heavy atom. The first-order chi connectivity index (χ1) is 12.6. The maximum Gasteiger partial charge on any atom is 0.408 e. The van der Waals surface area contributed by atoms with Crippen molar-refractivity contribution in [1.82, 2.24) is 20.6 Å². The molecular formula is C18H30N4O5. The molecule has 0 aliphatic heterocycles. The number of carbonyl (C=O) groups excluding carboxylic acids is 3. The molecule has 1 heterocycles. The summed E-state index contributed by atoms with van der Waals surface area (Å²) in [7, 11) is 1.25. The number of nitrogens with zero attached hydrogens (tertiary/aromatic N) is 1. The first-order valence-corrected chi connectivity index (χ1v) is 8.92. The van der Waals surface area contributed by atoms with Crippen molar-refractivity contribution in [2.24, 2.45) is 5.92 Å². The minimum Gasteiger partial charge on any atom is -0.467 e. The number of aromatic nitrogens is 2. The predicted molar refractivity (Wildman–Crippen MR) is 98.9 cm³/mol. The van der Waals surface area contributed by atoms with E-state index in [1.54, 1.807) is 27.0 Å². The lowest BCUT2D eigenvalue weighted by Crippen LogP contribution is -2.55. The van der Waals surface area contributed by atoms with Gasteiger partial charge in [0.05, 0.1) is 19.1 Å². The lowest BCUT2D eigenvalue weighted by atomic mass is 9.98. The third-order valence-corrected chi connectivity index (χ3v) is 3.94. The molecule has 0 spiro atoms. The average Bonchev–Trinajstić information content (AvgIpc) is 3.09. The normalized spacial score (nSPS) is 14.6. The van der Waals surface area contributed by atoms with Crippen molar-refractivity contribution in [2.75, 3.05) is 7.11 Å². The zero-order chi connectivity index (χ0) is 20.6. The highest BCUT2D eigenvalue weighted by Crippen LogP contribution is 2.12. The fourth-order valence-electron chi connectivity index (χ4n) is 2.35. The number of H-pyrrole nitrogens is 1. The van der Waals surface area contributed by atoms with Crippen LogP contribution >= 0.6 is 0 Å². The van der Waals surface area contributed by atoms with E-state index in [2.05, 4.69) is 20.6 Å². The second-order valence-electron chi connectivity index (χ2n) is 7.36. The number of methoxy groups -OCH3 is 1. The van der Waals surface area contributed by atoms with E-state index < -0.39 is 35.7 Å². The molecule has 0 bridgehead atoms. The van der Waals surface area contributed by atoms with E-state index in [-0.39, 0.29) is 12.3 Å². The van der Waals surface area contributed by atoms with Gasteiger partial charge in [0.15, 0.2) is 0 Å². The van der Waals surface area contributed by atoms with E-state index in [9.17, 15) is 14.4 Å². The van der Waals surface area contributed by atoms with Crippen LogP contribution in [0.1, 0.15) is 46.7 Å². The Kier molecular flexibility index (Phi) is 8.27. The van der Waals surface area contributed by atoms with Gasteiger partial charge < -0.3 is 25.1 Å². The lowest BCUT2D eigenvalue weighted by Gasteiger charge is -2.27. The van der Waals surface area contributed by atoms with Gasteiger partial charge in [-0.3, -0.25) is 4.79 Å². The highest BCUT2D eigenvalue weighted by atomic mass is 16.6. The van der Waals surface area contributed by atoms with Gasteiger partial charge in [0.25, 0.3) is 0 Å². The smallest absolute Gasteiger partial charge is 0.408 e. The van der Waals surface area contributed by atoms with E-state index in [0.29, 0.717) is 12.1 Å². The number of amides is 2. The van der Waals surface area contributed by atoms with E-state index >= 15 is 0 Å². The third kappa shape index (κ3) is 7.67. The molecule has 3 atom stereocenters. The number of imidazole rings is 1. The van der Waals surface area contributed by atoms with Crippen molar-refractivity contribution in [3.63, 3.8) is 0 Å².